The highest BCUT2D eigenvalue weighted by Crippen LogP contribution is 2.09. The molecule has 0 aliphatic carbocycles. The van der Waals surface area contributed by atoms with Crippen LogP contribution in [0, 0.1) is 0 Å². The van der Waals surface area contributed by atoms with Crippen LogP contribution in [-0.2, 0) is 6.50 Å². The number of imidazole rings is 1. The average molecular weight is 196 g/mol. The Morgan fingerprint density at radius 2 is 3.11 bits per heavy atom. The molecular formula is C5H8BrN3. The molecule has 2 N–H and O–H groups in total. The molecule has 0 amide bonds. The number of anilines is 1. The van der Waals surface area contributed by atoms with Crippen molar-refractivity contribution >= 4 is 21.9 Å². The Balaban J connectivity index is 3.39. The number of nitrogen functional groups attached to an aromatic ring is 1. The van der Waals surface area contributed by atoms with Gasteiger partial charge < -0.3 is 10.3 Å². The lowest BCUT2D eigenvalue weighted by Crippen LogP contribution is -1.98. The van der Waals surface area contributed by atoms with Gasteiger partial charge in [-0.3, -0.25) is 0 Å². The molecule has 0 bridgehead atoms. The molecule has 0 radical (unpaired) electrons. The zero-order valence-electron chi connectivity index (χ0n) is 10.3. The molecule has 4 heteroatoms. The third-order valence-corrected chi connectivity index (χ3v) is 1.11. The monoisotopic (exact) mass is 195 g/mol. The van der Waals surface area contributed by atoms with Crippen molar-refractivity contribution in [2.24, 2.45) is 0 Å². The van der Waals surface area contributed by atoms with E-state index in [4.69, 9.17) is 14.0 Å². The highest BCUT2D eigenvalue weighted by atomic mass is 79.9. The van der Waals surface area contributed by atoms with E-state index < -0.39 is 19.5 Å². The molecule has 0 saturated heterocycles. The summed E-state index contributed by atoms with van der Waals surface area (Å²) in [5, 5.41) is 0. The summed E-state index contributed by atoms with van der Waals surface area (Å²) in [5.74, 6) is -0.354. The first-order valence-corrected chi connectivity index (χ1v) is 2.89. The first kappa shape index (κ1) is 2.27. The van der Waals surface area contributed by atoms with Crippen LogP contribution in [0.5, 0.6) is 0 Å². The number of halogens is 1. The van der Waals surface area contributed by atoms with Crippen molar-refractivity contribution in [2.75, 3.05) is 5.73 Å². The predicted molar refractivity (Wildman–Crippen MR) is 40.0 cm³/mol. The molecule has 1 heterocycles. The summed E-state index contributed by atoms with van der Waals surface area (Å²) in [6.45, 7) is -5.68. The summed E-state index contributed by atoms with van der Waals surface area (Å²) in [6, 6.07) is 0. The lowest BCUT2D eigenvalue weighted by Gasteiger charge is -1.94. The first-order valence-electron chi connectivity index (χ1n) is 5.10. The Kier molecular flexibility index (Phi) is 0.602. The fourth-order valence-corrected chi connectivity index (χ4v) is 0.769. The largest absolute Gasteiger partial charge is 0.369 e. The van der Waals surface area contributed by atoms with E-state index in [-0.39, 0.29) is 10.6 Å². The van der Waals surface area contributed by atoms with Gasteiger partial charge in [0.25, 0.3) is 0 Å². The molecule has 3 nitrogen and oxygen atoms in total. The number of nitrogens with zero attached hydrogens (tertiary/aromatic N) is 2. The molecule has 0 saturated carbocycles. The average Bonchev–Trinajstić information content (AvgIpc) is 2.24. The standard InChI is InChI=1S/C5H8BrN3/c1-2-9-3-4(6)8-5(9)7/h3H,2H2,1H3,(H2,7,8)/i1D3,2D2,3D. The lowest BCUT2D eigenvalue weighted by atomic mass is 10.7. The van der Waals surface area contributed by atoms with Crippen molar-refractivity contribution in [1.29, 1.82) is 0 Å². The summed E-state index contributed by atoms with van der Waals surface area (Å²) >= 11 is 2.88. The van der Waals surface area contributed by atoms with Crippen LogP contribution in [0.15, 0.2) is 10.8 Å². The van der Waals surface area contributed by atoms with E-state index in [1.165, 1.54) is 0 Å². The molecule has 0 aliphatic rings. The number of hydrogen-bond donors (Lipinski definition) is 1. The van der Waals surface area contributed by atoms with Gasteiger partial charge >= 0.3 is 0 Å². The predicted octanol–water partition coefficient (Wildman–Crippen LogP) is 1.25. The minimum atomic E-state index is -2.92. The van der Waals surface area contributed by atoms with Gasteiger partial charge in [-0.05, 0) is 22.8 Å². The molecule has 0 fully saturated rings. The number of hydrogen-bond acceptors (Lipinski definition) is 2. The third-order valence-electron chi connectivity index (χ3n) is 0.758. The zero-order chi connectivity index (χ0) is 12.0. The fourth-order valence-electron chi connectivity index (χ4n) is 0.410. The molecule has 1 rings (SSSR count). The lowest BCUT2D eigenvalue weighted by molar-refractivity contribution is 0.774. The van der Waals surface area contributed by atoms with Crippen molar-refractivity contribution in [3.63, 3.8) is 0 Å². The molecule has 0 unspecified atom stereocenters. The molecule has 9 heavy (non-hydrogen) atoms. The molecular weight excluding hydrogens is 182 g/mol. The van der Waals surface area contributed by atoms with Gasteiger partial charge in [-0.25, -0.2) is 4.98 Å². The summed E-state index contributed by atoms with van der Waals surface area (Å²) < 4.78 is 43.9. The molecule has 0 atom stereocenters. The maximum atomic E-state index is 7.44. The highest BCUT2D eigenvalue weighted by Gasteiger charge is 1.97. The quantitative estimate of drug-likeness (QED) is 0.734. The van der Waals surface area contributed by atoms with Crippen molar-refractivity contribution in [2.45, 2.75) is 13.3 Å². The van der Waals surface area contributed by atoms with Crippen LogP contribution in [0.1, 0.15) is 15.1 Å². The molecule has 0 spiro atoms. The van der Waals surface area contributed by atoms with Gasteiger partial charge in [0.2, 0.25) is 5.95 Å². The van der Waals surface area contributed by atoms with E-state index in [9.17, 15) is 0 Å². The second kappa shape index (κ2) is 2.39. The van der Waals surface area contributed by atoms with Gasteiger partial charge in [0.1, 0.15) is 4.60 Å². The Bertz CT molecular complexity index is 383. The number of aromatic nitrogens is 2. The van der Waals surface area contributed by atoms with Crippen LogP contribution in [0.25, 0.3) is 0 Å². The number of rotatable bonds is 1. The number of nitrogens with two attached hydrogens (primary N) is 1. The molecule has 1 aromatic rings. The van der Waals surface area contributed by atoms with Gasteiger partial charge in [-0.2, -0.15) is 0 Å². The van der Waals surface area contributed by atoms with Crippen LogP contribution >= 0.6 is 15.9 Å². The van der Waals surface area contributed by atoms with Crippen LogP contribution in [-0.4, -0.2) is 9.55 Å². The second-order valence-corrected chi connectivity index (χ2v) is 2.07. The van der Waals surface area contributed by atoms with E-state index in [2.05, 4.69) is 20.9 Å². The van der Waals surface area contributed by atoms with Crippen LogP contribution < -0.4 is 5.73 Å². The normalized spacial score (nSPS) is 22.8. The van der Waals surface area contributed by atoms with Crippen molar-refractivity contribution in [1.82, 2.24) is 9.55 Å². The molecule has 0 aliphatic heterocycles. The van der Waals surface area contributed by atoms with Gasteiger partial charge in [-0.15, -0.1) is 0 Å². The second-order valence-electron chi connectivity index (χ2n) is 1.32. The van der Waals surface area contributed by atoms with Gasteiger partial charge in [0.05, 0.1) is 1.37 Å². The van der Waals surface area contributed by atoms with Crippen LogP contribution in [0.4, 0.5) is 5.95 Å². The summed E-state index contributed by atoms with van der Waals surface area (Å²) in [6.07, 6.45) is -0.409. The van der Waals surface area contributed by atoms with Gasteiger partial charge in [0.15, 0.2) is 0 Å². The van der Waals surface area contributed by atoms with E-state index in [0.29, 0.717) is 4.57 Å². The highest BCUT2D eigenvalue weighted by molar-refractivity contribution is 9.10. The van der Waals surface area contributed by atoms with Crippen molar-refractivity contribution < 1.29 is 8.22 Å². The minimum absolute atomic E-state index is 0.00752. The Labute approximate surface area is 70.4 Å². The summed E-state index contributed by atoms with van der Waals surface area (Å²) in [7, 11) is 0. The molecule has 1 aromatic heterocycles. The topological polar surface area (TPSA) is 43.8 Å². The van der Waals surface area contributed by atoms with Gasteiger partial charge in [-0.1, -0.05) is 0 Å². The summed E-state index contributed by atoms with van der Waals surface area (Å²) in [5.41, 5.74) is 5.34. The third kappa shape index (κ3) is 1.24. The van der Waals surface area contributed by atoms with E-state index in [0.717, 1.165) is 0 Å². The van der Waals surface area contributed by atoms with E-state index >= 15 is 0 Å². The first-order chi connectivity index (χ1) is 6.59. The maximum absolute atomic E-state index is 7.44. The fraction of sp³-hybridized carbons (Fsp3) is 0.400. The van der Waals surface area contributed by atoms with Crippen molar-refractivity contribution in [3.8, 4) is 0 Å². The zero-order valence-corrected chi connectivity index (χ0v) is 5.94. The van der Waals surface area contributed by atoms with Crippen LogP contribution in [0.3, 0.4) is 0 Å². The maximum Gasteiger partial charge on any atom is 0.201 e. The molecule has 50 valence electrons. The Hall–Kier alpha value is -0.510. The van der Waals surface area contributed by atoms with E-state index in [1.807, 2.05) is 0 Å². The Morgan fingerprint density at radius 1 is 2.33 bits per heavy atom. The SMILES string of the molecule is [2H]c1c(Br)nc(N)n1C([2H])([2H])C([2H])([2H])[2H]. The minimum Gasteiger partial charge on any atom is -0.369 e. The smallest absolute Gasteiger partial charge is 0.201 e. The Morgan fingerprint density at radius 3 is 3.56 bits per heavy atom. The van der Waals surface area contributed by atoms with Crippen LogP contribution in [0.2, 0.25) is 0 Å². The van der Waals surface area contributed by atoms with Crippen molar-refractivity contribution in [3.05, 3.63) is 10.8 Å². The van der Waals surface area contributed by atoms with E-state index in [1.54, 1.807) is 0 Å². The summed E-state index contributed by atoms with van der Waals surface area (Å²) in [4.78, 5) is 3.57. The van der Waals surface area contributed by atoms with Gasteiger partial charge in [0, 0.05) is 19.5 Å². The molecule has 0 aromatic carbocycles.